The van der Waals surface area contributed by atoms with Crippen molar-refractivity contribution in [2.45, 2.75) is 34.3 Å². The number of rotatable bonds is 6. The van der Waals surface area contributed by atoms with Crippen molar-refractivity contribution in [1.29, 1.82) is 0 Å². The molecule has 1 aromatic heterocycles. The van der Waals surface area contributed by atoms with Gasteiger partial charge in [-0.15, -0.1) is 0 Å². The molecular weight excluding hydrogens is 570 g/mol. The average molecular weight is 598 g/mol. The summed E-state index contributed by atoms with van der Waals surface area (Å²) in [6, 6.07) is 22.3. The SMILES string of the molecule is Cc1cc(C)cc(N2C(=O)NC(=O)/C(=C\c3cc(C)n(-c4ccc(OCc5ccc(Br)cc5)cc4)c3C)C2=O)c1. The second-order valence-electron chi connectivity index (χ2n) is 9.87. The molecule has 1 aliphatic rings. The lowest BCUT2D eigenvalue weighted by molar-refractivity contribution is -0.122. The summed E-state index contributed by atoms with van der Waals surface area (Å²) < 4.78 is 9.00. The van der Waals surface area contributed by atoms with Crippen molar-refractivity contribution >= 4 is 45.5 Å². The molecule has 4 aromatic rings. The van der Waals surface area contributed by atoms with E-state index in [2.05, 4.69) is 21.2 Å². The van der Waals surface area contributed by atoms with Gasteiger partial charge in [0.05, 0.1) is 5.69 Å². The minimum atomic E-state index is -0.759. The largest absolute Gasteiger partial charge is 0.489 e. The number of nitrogens with zero attached hydrogens (tertiary/aromatic N) is 2. The molecule has 1 aliphatic heterocycles. The van der Waals surface area contributed by atoms with E-state index in [0.29, 0.717) is 17.9 Å². The van der Waals surface area contributed by atoms with Gasteiger partial charge in [0.2, 0.25) is 0 Å². The lowest BCUT2D eigenvalue weighted by Crippen LogP contribution is -2.54. The highest BCUT2D eigenvalue weighted by atomic mass is 79.9. The predicted molar refractivity (Wildman–Crippen MR) is 159 cm³/mol. The maximum atomic E-state index is 13.4. The Bertz CT molecular complexity index is 1650. The topological polar surface area (TPSA) is 80.6 Å². The number of hydrogen-bond donors (Lipinski definition) is 1. The molecule has 0 unspecified atom stereocenters. The molecule has 8 heteroatoms. The van der Waals surface area contributed by atoms with Gasteiger partial charge in [-0.1, -0.05) is 34.1 Å². The summed E-state index contributed by atoms with van der Waals surface area (Å²) in [5, 5.41) is 2.31. The summed E-state index contributed by atoms with van der Waals surface area (Å²) in [7, 11) is 0. The Morgan fingerprint density at radius 2 is 1.48 bits per heavy atom. The van der Waals surface area contributed by atoms with Gasteiger partial charge in [-0.25, -0.2) is 9.69 Å². The van der Waals surface area contributed by atoms with Crippen LogP contribution in [0.1, 0.15) is 33.6 Å². The molecule has 7 nitrogen and oxygen atoms in total. The van der Waals surface area contributed by atoms with Crippen LogP contribution >= 0.6 is 15.9 Å². The zero-order valence-electron chi connectivity index (χ0n) is 22.6. The van der Waals surface area contributed by atoms with Crippen LogP contribution in [0.5, 0.6) is 5.75 Å². The minimum Gasteiger partial charge on any atom is -0.489 e. The Morgan fingerprint density at radius 3 is 2.12 bits per heavy atom. The molecule has 0 spiro atoms. The molecule has 0 radical (unpaired) electrons. The van der Waals surface area contributed by atoms with E-state index in [4.69, 9.17) is 4.74 Å². The van der Waals surface area contributed by atoms with E-state index in [9.17, 15) is 14.4 Å². The maximum absolute atomic E-state index is 13.4. The molecule has 0 atom stereocenters. The fourth-order valence-electron chi connectivity index (χ4n) is 4.90. The van der Waals surface area contributed by atoms with Gasteiger partial charge in [-0.2, -0.15) is 0 Å². The van der Waals surface area contributed by atoms with Crippen LogP contribution < -0.4 is 15.0 Å². The van der Waals surface area contributed by atoms with Crippen molar-refractivity contribution in [2.24, 2.45) is 0 Å². The van der Waals surface area contributed by atoms with Crippen molar-refractivity contribution < 1.29 is 19.1 Å². The van der Waals surface area contributed by atoms with Crippen LogP contribution in [0.15, 0.2) is 82.8 Å². The molecule has 0 aliphatic carbocycles. The summed E-state index contributed by atoms with van der Waals surface area (Å²) in [6.07, 6.45) is 1.55. The molecule has 202 valence electrons. The molecule has 2 heterocycles. The number of aryl methyl sites for hydroxylation is 3. The van der Waals surface area contributed by atoms with E-state index >= 15 is 0 Å². The molecule has 0 saturated carbocycles. The maximum Gasteiger partial charge on any atom is 0.335 e. The number of amides is 4. The molecule has 4 amide bonds. The number of aromatic nitrogens is 1. The van der Waals surface area contributed by atoms with Crippen LogP contribution in [-0.4, -0.2) is 22.4 Å². The number of barbiturate groups is 1. The fraction of sp³-hybridized carbons (Fsp3) is 0.156. The fourth-order valence-corrected chi connectivity index (χ4v) is 5.16. The highest BCUT2D eigenvalue weighted by molar-refractivity contribution is 9.10. The summed E-state index contributed by atoms with van der Waals surface area (Å²) in [5.41, 5.74) is 6.62. The normalized spacial score (nSPS) is 14.6. The van der Waals surface area contributed by atoms with E-state index in [0.717, 1.165) is 48.9 Å². The molecule has 0 bridgehead atoms. The Kier molecular flexibility index (Phi) is 7.45. The first-order valence-electron chi connectivity index (χ1n) is 12.8. The molecule has 1 fully saturated rings. The summed E-state index contributed by atoms with van der Waals surface area (Å²) in [6.45, 7) is 8.13. The molecular formula is C32H28BrN3O4. The summed E-state index contributed by atoms with van der Waals surface area (Å²) in [4.78, 5) is 39.8. The molecule has 40 heavy (non-hydrogen) atoms. The number of nitrogens with one attached hydrogen (secondary N) is 1. The zero-order chi connectivity index (χ0) is 28.6. The standard InChI is InChI=1S/C32H28BrN3O4/c1-19-13-20(2)15-27(14-19)36-31(38)29(30(37)34-32(36)39)17-24-16-21(3)35(22(24)4)26-9-11-28(12-10-26)40-18-23-5-7-25(33)8-6-23/h5-17H,18H2,1-4H3,(H,34,37,39)/b29-17+. The van der Waals surface area contributed by atoms with E-state index in [1.807, 2.05) is 92.9 Å². The van der Waals surface area contributed by atoms with Gasteiger partial charge in [-0.05, 0) is 111 Å². The first kappa shape index (κ1) is 27.1. The van der Waals surface area contributed by atoms with Gasteiger partial charge in [0.25, 0.3) is 11.8 Å². The van der Waals surface area contributed by atoms with Crippen molar-refractivity contribution in [2.75, 3.05) is 4.90 Å². The lowest BCUT2D eigenvalue weighted by atomic mass is 10.1. The van der Waals surface area contributed by atoms with Gasteiger partial charge in [0.1, 0.15) is 17.9 Å². The Balaban J connectivity index is 1.40. The van der Waals surface area contributed by atoms with Gasteiger partial charge < -0.3 is 9.30 Å². The Labute approximate surface area is 241 Å². The van der Waals surface area contributed by atoms with Gasteiger partial charge in [0, 0.05) is 21.5 Å². The van der Waals surface area contributed by atoms with E-state index < -0.39 is 17.8 Å². The number of ether oxygens (including phenoxy) is 1. The quantitative estimate of drug-likeness (QED) is 0.198. The number of carbonyl (C=O) groups is 3. The first-order chi connectivity index (χ1) is 19.1. The third-order valence-electron chi connectivity index (χ3n) is 6.75. The van der Waals surface area contributed by atoms with Crippen LogP contribution in [0, 0.1) is 27.7 Å². The molecule has 5 rings (SSSR count). The number of carbonyl (C=O) groups excluding carboxylic acids is 3. The van der Waals surface area contributed by atoms with Crippen LogP contribution in [0.4, 0.5) is 10.5 Å². The number of benzene rings is 3. The van der Waals surface area contributed by atoms with Gasteiger partial charge >= 0.3 is 6.03 Å². The summed E-state index contributed by atoms with van der Waals surface area (Å²) in [5.74, 6) is -0.624. The lowest BCUT2D eigenvalue weighted by Gasteiger charge is -2.27. The highest BCUT2D eigenvalue weighted by Crippen LogP contribution is 2.28. The van der Waals surface area contributed by atoms with Crippen LogP contribution in [0.25, 0.3) is 11.8 Å². The number of hydrogen-bond acceptors (Lipinski definition) is 4. The number of halogens is 1. The van der Waals surface area contributed by atoms with Crippen LogP contribution in [-0.2, 0) is 16.2 Å². The number of anilines is 1. The molecule has 1 N–H and O–H groups in total. The smallest absolute Gasteiger partial charge is 0.335 e. The monoisotopic (exact) mass is 597 g/mol. The minimum absolute atomic E-state index is 0.101. The Morgan fingerprint density at radius 1 is 0.825 bits per heavy atom. The van der Waals surface area contributed by atoms with Gasteiger partial charge in [0.15, 0.2) is 0 Å². The predicted octanol–water partition coefficient (Wildman–Crippen LogP) is 6.72. The summed E-state index contributed by atoms with van der Waals surface area (Å²) >= 11 is 3.44. The molecule has 3 aromatic carbocycles. The zero-order valence-corrected chi connectivity index (χ0v) is 24.2. The van der Waals surface area contributed by atoms with Crippen molar-refractivity contribution in [3.8, 4) is 11.4 Å². The van der Waals surface area contributed by atoms with E-state index in [1.54, 1.807) is 18.2 Å². The van der Waals surface area contributed by atoms with E-state index in [-0.39, 0.29) is 5.57 Å². The van der Waals surface area contributed by atoms with Crippen LogP contribution in [0.2, 0.25) is 0 Å². The Hall–Kier alpha value is -4.43. The number of imide groups is 2. The van der Waals surface area contributed by atoms with Crippen molar-refractivity contribution in [1.82, 2.24) is 9.88 Å². The van der Waals surface area contributed by atoms with E-state index in [1.165, 1.54) is 0 Å². The third kappa shape index (κ3) is 5.49. The van der Waals surface area contributed by atoms with Crippen molar-refractivity contribution in [3.63, 3.8) is 0 Å². The van der Waals surface area contributed by atoms with Gasteiger partial charge in [-0.3, -0.25) is 14.9 Å². The average Bonchev–Trinajstić information content (AvgIpc) is 3.18. The van der Waals surface area contributed by atoms with Crippen molar-refractivity contribution in [3.05, 3.63) is 116 Å². The third-order valence-corrected chi connectivity index (χ3v) is 7.28. The second kappa shape index (κ2) is 11.0. The highest BCUT2D eigenvalue weighted by Gasteiger charge is 2.37. The first-order valence-corrected chi connectivity index (χ1v) is 13.6. The van der Waals surface area contributed by atoms with Crippen LogP contribution in [0.3, 0.4) is 0 Å². The number of urea groups is 1. The molecule has 1 saturated heterocycles. The second-order valence-corrected chi connectivity index (χ2v) is 10.8.